The highest BCUT2D eigenvalue weighted by Gasteiger charge is 2.08. The van der Waals surface area contributed by atoms with Gasteiger partial charge >= 0.3 is 0 Å². The Labute approximate surface area is 144 Å². The van der Waals surface area contributed by atoms with Crippen molar-refractivity contribution in [3.8, 4) is 11.5 Å². The second-order valence-corrected chi connectivity index (χ2v) is 5.58. The second kappa shape index (κ2) is 7.54. The van der Waals surface area contributed by atoms with E-state index in [2.05, 4.69) is 10.6 Å². The van der Waals surface area contributed by atoms with E-state index in [1.807, 2.05) is 0 Å². The monoisotopic (exact) mass is 356 g/mol. The van der Waals surface area contributed by atoms with Crippen LogP contribution in [0, 0.1) is 0 Å². The van der Waals surface area contributed by atoms with E-state index in [0.29, 0.717) is 38.0 Å². The minimum atomic E-state index is 0.380. The number of thiocarbonyl (C=S) groups is 1. The van der Waals surface area contributed by atoms with Crippen LogP contribution in [0.15, 0.2) is 36.4 Å². The summed E-state index contributed by atoms with van der Waals surface area (Å²) in [5.41, 5.74) is 1.38. The molecule has 0 heterocycles. The van der Waals surface area contributed by atoms with Crippen molar-refractivity contribution in [3.63, 3.8) is 0 Å². The van der Waals surface area contributed by atoms with Gasteiger partial charge in [-0.25, -0.2) is 0 Å². The summed E-state index contributed by atoms with van der Waals surface area (Å²) in [7, 11) is 3.18. The smallest absolute Gasteiger partial charge is 0.175 e. The lowest BCUT2D eigenvalue weighted by atomic mass is 10.2. The minimum absolute atomic E-state index is 0.380. The average molecular weight is 357 g/mol. The van der Waals surface area contributed by atoms with Crippen molar-refractivity contribution in [1.29, 1.82) is 0 Å². The Morgan fingerprint density at radius 1 is 0.955 bits per heavy atom. The third-order valence-corrected chi connectivity index (χ3v) is 3.42. The van der Waals surface area contributed by atoms with Crippen LogP contribution in [0.5, 0.6) is 11.5 Å². The molecule has 0 saturated heterocycles. The van der Waals surface area contributed by atoms with E-state index in [9.17, 15) is 0 Å². The number of benzene rings is 2. The maximum Gasteiger partial charge on any atom is 0.175 e. The maximum absolute atomic E-state index is 5.96. The van der Waals surface area contributed by atoms with Crippen molar-refractivity contribution in [1.82, 2.24) is 0 Å². The molecule has 0 radical (unpaired) electrons. The maximum atomic E-state index is 5.96. The first-order chi connectivity index (χ1) is 10.5. The van der Waals surface area contributed by atoms with E-state index in [1.165, 1.54) is 0 Å². The zero-order valence-electron chi connectivity index (χ0n) is 11.9. The van der Waals surface area contributed by atoms with Gasteiger partial charge in [-0.3, -0.25) is 0 Å². The van der Waals surface area contributed by atoms with Crippen molar-refractivity contribution in [3.05, 3.63) is 46.4 Å². The molecule has 0 bridgehead atoms. The molecule has 0 aliphatic rings. The molecule has 2 aromatic carbocycles. The standard InChI is InChI=1S/C15H14Cl2N2O2S/c1-20-12-3-4-14(21-2)13(8-12)19-15(22)18-11-6-9(16)5-10(17)7-11/h3-8H,1-2H3,(H2,18,19,22). The molecule has 0 fully saturated rings. The third-order valence-electron chi connectivity index (χ3n) is 2.78. The Bertz CT molecular complexity index is 675. The van der Waals surface area contributed by atoms with Gasteiger partial charge in [0.1, 0.15) is 11.5 Å². The van der Waals surface area contributed by atoms with Gasteiger partial charge < -0.3 is 20.1 Å². The van der Waals surface area contributed by atoms with Crippen LogP contribution in [-0.4, -0.2) is 19.3 Å². The number of hydrogen-bond donors (Lipinski definition) is 2. The van der Waals surface area contributed by atoms with Crippen molar-refractivity contribution in [2.75, 3.05) is 24.9 Å². The van der Waals surface area contributed by atoms with Crippen LogP contribution in [0.25, 0.3) is 0 Å². The van der Waals surface area contributed by atoms with Gasteiger partial charge in [-0.05, 0) is 42.5 Å². The lowest BCUT2D eigenvalue weighted by Gasteiger charge is -2.14. The van der Waals surface area contributed by atoms with E-state index in [-0.39, 0.29) is 0 Å². The Morgan fingerprint density at radius 3 is 2.23 bits per heavy atom. The predicted octanol–water partition coefficient (Wildman–Crippen LogP) is 4.82. The number of ether oxygens (including phenoxy) is 2. The summed E-state index contributed by atoms with van der Waals surface area (Å²) in [6.45, 7) is 0. The van der Waals surface area contributed by atoms with E-state index in [1.54, 1.807) is 50.6 Å². The molecule has 2 N–H and O–H groups in total. The highest BCUT2D eigenvalue weighted by molar-refractivity contribution is 7.80. The molecule has 2 aromatic rings. The van der Waals surface area contributed by atoms with E-state index < -0.39 is 0 Å². The largest absolute Gasteiger partial charge is 0.497 e. The van der Waals surface area contributed by atoms with Gasteiger partial charge in [0.2, 0.25) is 0 Å². The molecular formula is C15H14Cl2N2O2S. The van der Waals surface area contributed by atoms with Gasteiger partial charge in [-0.2, -0.15) is 0 Å². The number of halogens is 2. The molecule has 0 aliphatic heterocycles. The first-order valence-electron chi connectivity index (χ1n) is 6.28. The fraction of sp³-hybridized carbons (Fsp3) is 0.133. The summed E-state index contributed by atoms with van der Waals surface area (Å²) in [6, 6.07) is 10.5. The quantitative estimate of drug-likeness (QED) is 0.768. The predicted molar refractivity (Wildman–Crippen MR) is 95.9 cm³/mol. The van der Waals surface area contributed by atoms with Gasteiger partial charge in [-0.1, -0.05) is 23.2 Å². The molecule has 0 aliphatic carbocycles. The first-order valence-corrected chi connectivity index (χ1v) is 7.44. The van der Waals surface area contributed by atoms with E-state index in [0.717, 1.165) is 0 Å². The second-order valence-electron chi connectivity index (χ2n) is 4.30. The van der Waals surface area contributed by atoms with E-state index in [4.69, 9.17) is 44.9 Å². The molecule has 22 heavy (non-hydrogen) atoms. The van der Waals surface area contributed by atoms with Crippen LogP contribution in [0.1, 0.15) is 0 Å². The lowest BCUT2D eigenvalue weighted by Crippen LogP contribution is -2.19. The van der Waals surface area contributed by atoms with Gasteiger partial charge in [0.05, 0.1) is 19.9 Å². The van der Waals surface area contributed by atoms with Crippen molar-refractivity contribution < 1.29 is 9.47 Å². The zero-order valence-corrected chi connectivity index (χ0v) is 14.3. The first kappa shape index (κ1) is 16.7. The third kappa shape index (κ3) is 4.40. The Morgan fingerprint density at radius 2 is 1.64 bits per heavy atom. The minimum Gasteiger partial charge on any atom is -0.497 e. The topological polar surface area (TPSA) is 42.5 Å². The number of anilines is 2. The van der Waals surface area contributed by atoms with Crippen LogP contribution < -0.4 is 20.1 Å². The molecule has 0 atom stereocenters. The summed E-state index contributed by atoms with van der Waals surface area (Å²) in [4.78, 5) is 0. The molecular weight excluding hydrogens is 343 g/mol. The molecule has 0 spiro atoms. The van der Waals surface area contributed by atoms with Crippen molar-refractivity contribution in [2.24, 2.45) is 0 Å². The average Bonchev–Trinajstić information content (AvgIpc) is 2.45. The van der Waals surface area contributed by atoms with Gasteiger partial charge in [0, 0.05) is 21.8 Å². The fourth-order valence-corrected chi connectivity index (χ4v) is 2.58. The highest BCUT2D eigenvalue weighted by atomic mass is 35.5. The Kier molecular flexibility index (Phi) is 5.71. The highest BCUT2D eigenvalue weighted by Crippen LogP contribution is 2.29. The number of rotatable bonds is 4. The molecule has 4 nitrogen and oxygen atoms in total. The van der Waals surface area contributed by atoms with Gasteiger partial charge in [0.15, 0.2) is 5.11 Å². The molecule has 0 amide bonds. The Hall–Kier alpha value is -1.69. The van der Waals surface area contributed by atoms with Crippen LogP contribution in [0.2, 0.25) is 10.0 Å². The zero-order chi connectivity index (χ0) is 16.1. The van der Waals surface area contributed by atoms with Crippen molar-refractivity contribution >= 4 is 51.9 Å². The van der Waals surface area contributed by atoms with E-state index >= 15 is 0 Å². The molecule has 7 heteroatoms. The molecule has 0 unspecified atom stereocenters. The summed E-state index contributed by atoms with van der Waals surface area (Å²) in [5, 5.41) is 7.50. The van der Waals surface area contributed by atoms with Crippen LogP contribution in [-0.2, 0) is 0 Å². The number of methoxy groups -OCH3 is 2. The summed E-state index contributed by atoms with van der Waals surface area (Å²) in [6.07, 6.45) is 0. The van der Waals surface area contributed by atoms with Gasteiger partial charge in [-0.15, -0.1) is 0 Å². The van der Waals surface area contributed by atoms with Crippen LogP contribution in [0.4, 0.5) is 11.4 Å². The van der Waals surface area contributed by atoms with Gasteiger partial charge in [0.25, 0.3) is 0 Å². The fourth-order valence-electron chi connectivity index (χ4n) is 1.82. The Balaban J connectivity index is 2.14. The number of nitrogens with one attached hydrogen (secondary N) is 2. The normalized spacial score (nSPS) is 10.0. The molecule has 116 valence electrons. The molecule has 0 saturated carbocycles. The van der Waals surface area contributed by atoms with Crippen molar-refractivity contribution in [2.45, 2.75) is 0 Å². The van der Waals surface area contributed by atoms with Crippen LogP contribution in [0.3, 0.4) is 0 Å². The summed E-state index contributed by atoms with van der Waals surface area (Å²) >= 11 is 17.2. The van der Waals surface area contributed by atoms with Crippen LogP contribution >= 0.6 is 35.4 Å². The molecule has 2 rings (SSSR count). The summed E-state index contributed by atoms with van der Waals surface area (Å²) in [5.74, 6) is 1.34. The lowest BCUT2D eigenvalue weighted by molar-refractivity contribution is 0.405. The SMILES string of the molecule is COc1ccc(OC)c(NC(=S)Nc2cc(Cl)cc(Cl)c2)c1. The summed E-state index contributed by atoms with van der Waals surface area (Å²) < 4.78 is 10.5. The molecule has 0 aromatic heterocycles. The number of hydrogen-bond acceptors (Lipinski definition) is 3.